The van der Waals surface area contributed by atoms with Gasteiger partial charge in [-0.3, -0.25) is 4.99 Å². The Hall–Kier alpha value is -1.60. The van der Waals surface area contributed by atoms with Crippen molar-refractivity contribution in [2.75, 3.05) is 39.0 Å². The SMILES string of the molecule is CCNC(=NCC1CCN(S(C)(=O)=O)CC1)NCCc1ccccc1. The van der Waals surface area contributed by atoms with Crippen molar-refractivity contribution in [3.8, 4) is 0 Å². The Labute approximate surface area is 151 Å². The van der Waals surface area contributed by atoms with Crippen LogP contribution in [-0.2, 0) is 16.4 Å². The highest BCUT2D eigenvalue weighted by Gasteiger charge is 2.24. The summed E-state index contributed by atoms with van der Waals surface area (Å²) in [6, 6.07) is 10.4. The number of hydrogen-bond donors (Lipinski definition) is 2. The van der Waals surface area contributed by atoms with E-state index in [4.69, 9.17) is 0 Å². The average Bonchev–Trinajstić information content (AvgIpc) is 2.60. The number of guanidine groups is 1. The van der Waals surface area contributed by atoms with Crippen LogP contribution in [0.15, 0.2) is 35.3 Å². The van der Waals surface area contributed by atoms with Gasteiger partial charge in [-0.25, -0.2) is 12.7 Å². The standard InChI is InChI=1S/C18H30N4O2S/c1-3-19-18(20-12-9-16-7-5-4-6-8-16)21-15-17-10-13-22(14-11-17)25(2,23)24/h4-8,17H,3,9-15H2,1-2H3,(H2,19,20,21). The molecule has 1 saturated heterocycles. The minimum absolute atomic E-state index is 0.447. The van der Waals surface area contributed by atoms with Crippen molar-refractivity contribution in [2.24, 2.45) is 10.9 Å². The molecule has 140 valence electrons. The fourth-order valence-electron chi connectivity index (χ4n) is 2.96. The molecular formula is C18H30N4O2S. The predicted molar refractivity (Wildman–Crippen MR) is 103 cm³/mol. The van der Waals surface area contributed by atoms with Crippen LogP contribution in [0.1, 0.15) is 25.3 Å². The zero-order chi connectivity index (χ0) is 18.1. The summed E-state index contributed by atoms with van der Waals surface area (Å²) in [5, 5.41) is 6.65. The summed E-state index contributed by atoms with van der Waals surface area (Å²) in [7, 11) is -3.05. The lowest BCUT2D eigenvalue weighted by molar-refractivity contribution is 0.280. The molecule has 0 radical (unpaired) electrons. The van der Waals surface area contributed by atoms with Gasteiger partial charge in [-0.15, -0.1) is 0 Å². The van der Waals surface area contributed by atoms with Crippen molar-refractivity contribution in [1.82, 2.24) is 14.9 Å². The fraction of sp³-hybridized carbons (Fsp3) is 0.611. The minimum atomic E-state index is -3.05. The van der Waals surface area contributed by atoms with E-state index < -0.39 is 10.0 Å². The molecule has 0 amide bonds. The van der Waals surface area contributed by atoms with Crippen LogP contribution in [0.3, 0.4) is 0 Å². The van der Waals surface area contributed by atoms with E-state index in [1.165, 1.54) is 11.8 Å². The molecule has 7 heteroatoms. The van der Waals surface area contributed by atoms with Crippen molar-refractivity contribution in [3.63, 3.8) is 0 Å². The van der Waals surface area contributed by atoms with E-state index in [1.807, 2.05) is 6.07 Å². The molecule has 2 rings (SSSR count). The number of nitrogens with zero attached hydrogens (tertiary/aromatic N) is 2. The third-order valence-corrected chi connectivity index (χ3v) is 5.75. The zero-order valence-electron chi connectivity index (χ0n) is 15.2. The molecule has 0 aromatic heterocycles. The maximum absolute atomic E-state index is 11.6. The monoisotopic (exact) mass is 366 g/mol. The van der Waals surface area contributed by atoms with Gasteiger partial charge in [0.2, 0.25) is 10.0 Å². The maximum atomic E-state index is 11.6. The second-order valence-electron chi connectivity index (χ2n) is 6.49. The molecular weight excluding hydrogens is 336 g/mol. The average molecular weight is 367 g/mol. The van der Waals surface area contributed by atoms with Crippen molar-refractivity contribution < 1.29 is 8.42 Å². The molecule has 1 fully saturated rings. The van der Waals surface area contributed by atoms with E-state index in [0.29, 0.717) is 19.0 Å². The van der Waals surface area contributed by atoms with Gasteiger partial charge in [0.1, 0.15) is 0 Å². The summed E-state index contributed by atoms with van der Waals surface area (Å²) < 4.78 is 24.7. The molecule has 25 heavy (non-hydrogen) atoms. The topological polar surface area (TPSA) is 73.8 Å². The molecule has 0 unspecified atom stereocenters. The lowest BCUT2D eigenvalue weighted by Gasteiger charge is -2.29. The molecule has 0 bridgehead atoms. The van der Waals surface area contributed by atoms with Crippen LogP contribution in [0.4, 0.5) is 0 Å². The Morgan fingerprint density at radius 2 is 1.88 bits per heavy atom. The maximum Gasteiger partial charge on any atom is 0.211 e. The number of piperidine rings is 1. The number of rotatable bonds is 7. The fourth-order valence-corrected chi connectivity index (χ4v) is 3.83. The first kappa shape index (κ1) is 19.7. The van der Waals surface area contributed by atoms with Gasteiger partial charge in [-0.2, -0.15) is 0 Å². The van der Waals surface area contributed by atoms with E-state index in [9.17, 15) is 8.42 Å². The molecule has 0 saturated carbocycles. The Bertz CT molecular complexity index is 638. The minimum Gasteiger partial charge on any atom is -0.357 e. The number of sulfonamides is 1. The number of hydrogen-bond acceptors (Lipinski definition) is 3. The number of benzene rings is 1. The zero-order valence-corrected chi connectivity index (χ0v) is 16.1. The smallest absolute Gasteiger partial charge is 0.211 e. The van der Waals surface area contributed by atoms with E-state index in [1.54, 1.807) is 4.31 Å². The molecule has 1 aliphatic heterocycles. The van der Waals surface area contributed by atoms with Crippen LogP contribution < -0.4 is 10.6 Å². The summed E-state index contributed by atoms with van der Waals surface area (Å²) in [6.07, 6.45) is 3.99. The van der Waals surface area contributed by atoms with Gasteiger partial charge >= 0.3 is 0 Å². The number of nitrogens with one attached hydrogen (secondary N) is 2. The Morgan fingerprint density at radius 3 is 2.48 bits per heavy atom. The molecule has 0 spiro atoms. The third kappa shape index (κ3) is 7.04. The first-order chi connectivity index (χ1) is 12.0. The molecule has 2 N–H and O–H groups in total. The molecule has 1 heterocycles. The summed E-state index contributed by atoms with van der Waals surface area (Å²) in [4.78, 5) is 4.68. The van der Waals surface area contributed by atoms with Gasteiger partial charge in [-0.05, 0) is 37.7 Å². The molecule has 1 aromatic carbocycles. The van der Waals surface area contributed by atoms with Gasteiger partial charge in [0.15, 0.2) is 5.96 Å². The van der Waals surface area contributed by atoms with Gasteiger partial charge in [0, 0.05) is 32.7 Å². The highest BCUT2D eigenvalue weighted by atomic mass is 32.2. The van der Waals surface area contributed by atoms with Gasteiger partial charge in [0.05, 0.1) is 6.26 Å². The highest BCUT2D eigenvalue weighted by Crippen LogP contribution is 2.19. The molecule has 0 aliphatic carbocycles. The Morgan fingerprint density at radius 1 is 1.20 bits per heavy atom. The van der Waals surface area contributed by atoms with Crippen LogP contribution in [0.25, 0.3) is 0 Å². The molecule has 6 nitrogen and oxygen atoms in total. The molecule has 0 atom stereocenters. The van der Waals surface area contributed by atoms with Crippen LogP contribution in [-0.4, -0.2) is 57.7 Å². The highest BCUT2D eigenvalue weighted by molar-refractivity contribution is 7.88. The van der Waals surface area contributed by atoms with Crippen LogP contribution in [0.2, 0.25) is 0 Å². The van der Waals surface area contributed by atoms with Crippen molar-refractivity contribution in [2.45, 2.75) is 26.2 Å². The largest absolute Gasteiger partial charge is 0.357 e. The van der Waals surface area contributed by atoms with Crippen LogP contribution >= 0.6 is 0 Å². The predicted octanol–water partition coefficient (Wildman–Crippen LogP) is 1.46. The summed E-state index contributed by atoms with van der Waals surface area (Å²) in [6.45, 7) is 5.66. The lowest BCUT2D eigenvalue weighted by atomic mass is 9.98. The van der Waals surface area contributed by atoms with E-state index in [0.717, 1.165) is 44.9 Å². The van der Waals surface area contributed by atoms with Crippen molar-refractivity contribution in [1.29, 1.82) is 0 Å². The summed E-state index contributed by atoms with van der Waals surface area (Å²) in [5.41, 5.74) is 1.30. The quantitative estimate of drug-likeness (QED) is 0.566. The first-order valence-corrected chi connectivity index (χ1v) is 10.8. The van der Waals surface area contributed by atoms with E-state index >= 15 is 0 Å². The Kier molecular flexibility index (Phi) is 7.71. The second-order valence-corrected chi connectivity index (χ2v) is 8.47. The lowest BCUT2D eigenvalue weighted by Crippen LogP contribution is -2.40. The van der Waals surface area contributed by atoms with Crippen molar-refractivity contribution >= 4 is 16.0 Å². The third-order valence-electron chi connectivity index (χ3n) is 4.44. The van der Waals surface area contributed by atoms with Gasteiger partial charge < -0.3 is 10.6 Å². The van der Waals surface area contributed by atoms with Gasteiger partial charge in [0.25, 0.3) is 0 Å². The molecule has 1 aromatic rings. The van der Waals surface area contributed by atoms with Crippen LogP contribution in [0, 0.1) is 5.92 Å². The second kappa shape index (κ2) is 9.77. The molecule has 1 aliphatic rings. The Balaban J connectivity index is 1.77. The summed E-state index contributed by atoms with van der Waals surface area (Å²) >= 11 is 0. The first-order valence-electron chi connectivity index (χ1n) is 9.00. The normalized spacial score (nSPS) is 17.4. The van der Waals surface area contributed by atoms with Crippen molar-refractivity contribution in [3.05, 3.63) is 35.9 Å². The van der Waals surface area contributed by atoms with E-state index in [-0.39, 0.29) is 0 Å². The van der Waals surface area contributed by atoms with E-state index in [2.05, 4.69) is 46.8 Å². The van der Waals surface area contributed by atoms with Crippen LogP contribution in [0.5, 0.6) is 0 Å². The summed E-state index contributed by atoms with van der Waals surface area (Å²) in [5.74, 6) is 1.28. The van der Waals surface area contributed by atoms with Gasteiger partial charge in [-0.1, -0.05) is 30.3 Å². The number of aliphatic imine (C=N–C) groups is 1.